The second-order valence-electron chi connectivity index (χ2n) is 4.85. The second kappa shape index (κ2) is 4.33. The molecule has 1 saturated carbocycles. The lowest BCUT2D eigenvalue weighted by Crippen LogP contribution is -2.38. The van der Waals surface area contributed by atoms with Gasteiger partial charge in [0.2, 0.25) is 0 Å². The molecule has 15 heavy (non-hydrogen) atoms. The number of hydrogen-bond donors (Lipinski definition) is 1. The Balaban J connectivity index is 2.34. The molecule has 0 aromatic carbocycles. The first-order valence-corrected chi connectivity index (χ1v) is 5.05. The van der Waals surface area contributed by atoms with Gasteiger partial charge in [0.1, 0.15) is 17.9 Å². The first-order chi connectivity index (χ1) is 6.78. The highest BCUT2D eigenvalue weighted by molar-refractivity contribution is 5.68. The van der Waals surface area contributed by atoms with E-state index in [-0.39, 0.29) is 12.8 Å². The topological polar surface area (TPSA) is 38.3 Å². The van der Waals surface area contributed by atoms with Crippen LogP contribution >= 0.6 is 0 Å². The van der Waals surface area contributed by atoms with Crippen molar-refractivity contribution in [1.82, 2.24) is 5.32 Å². The van der Waals surface area contributed by atoms with Crippen molar-refractivity contribution in [2.24, 2.45) is 0 Å². The first-order valence-electron chi connectivity index (χ1n) is 5.05. The molecule has 1 fully saturated rings. The average molecular weight is 221 g/mol. The second-order valence-corrected chi connectivity index (χ2v) is 4.85. The van der Waals surface area contributed by atoms with Crippen LogP contribution in [-0.4, -0.2) is 30.1 Å². The highest BCUT2D eigenvalue weighted by Gasteiger charge is 2.35. The summed E-state index contributed by atoms with van der Waals surface area (Å²) in [6.07, 6.45) is -3.50. The fraction of sp³-hybridized carbons (Fsp3) is 0.900. The maximum atomic E-state index is 12.8. The fourth-order valence-corrected chi connectivity index (χ4v) is 1.53. The fourth-order valence-electron chi connectivity index (χ4n) is 1.53. The van der Waals surface area contributed by atoms with Gasteiger partial charge in [-0.3, -0.25) is 0 Å². The summed E-state index contributed by atoms with van der Waals surface area (Å²) in [5, 5.41) is 2.46. The van der Waals surface area contributed by atoms with Gasteiger partial charge in [-0.05, 0) is 20.8 Å². The third-order valence-corrected chi connectivity index (χ3v) is 2.13. The summed E-state index contributed by atoms with van der Waals surface area (Å²) in [5.74, 6) is 0. The minimum atomic E-state index is -1.47. The van der Waals surface area contributed by atoms with E-state index in [1.165, 1.54) is 0 Å². The van der Waals surface area contributed by atoms with Crippen LogP contribution in [0.2, 0.25) is 0 Å². The normalized spacial score (nSPS) is 31.4. The molecule has 0 spiro atoms. The van der Waals surface area contributed by atoms with E-state index in [4.69, 9.17) is 4.74 Å². The van der Waals surface area contributed by atoms with Crippen molar-refractivity contribution in [3.8, 4) is 0 Å². The molecule has 0 bridgehead atoms. The van der Waals surface area contributed by atoms with Crippen LogP contribution in [0.3, 0.4) is 0 Å². The third-order valence-electron chi connectivity index (χ3n) is 2.13. The lowest BCUT2D eigenvalue weighted by atomic mass is 10.2. The molecule has 1 aliphatic carbocycles. The van der Waals surface area contributed by atoms with Crippen LogP contribution in [0.5, 0.6) is 0 Å². The molecule has 1 rings (SSSR count). The van der Waals surface area contributed by atoms with E-state index in [2.05, 4.69) is 5.32 Å². The van der Waals surface area contributed by atoms with Gasteiger partial charge in [-0.1, -0.05) is 0 Å². The first kappa shape index (κ1) is 12.2. The number of amides is 1. The lowest BCUT2D eigenvalue weighted by molar-refractivity contribution is 0.0504. The van der Waals surface area contributed by atoms with Crippen molar-refractivity contribution < 1.29 is 18.3 Å². The Morgan fingerprint density at radius 3 is 2.13 bits per heavy atom. The molecule has 1 amide bonds. The van der Waals surface area contributed by atoms with Crippen LogP contribution in [0, 0.1) is 0 Å². The van der Waals surface area contributed by atoms with Crippen molar-refractivity contribution in [2.45, 2.75) is 57.6 Å². The van der Waals surface area contributed by atoms with Crippen LogP contribution < -0.4 is 5.32 Å². The zero-order chi connectivity index (χ0) is 11.6. The van der Waals surface area contributed by atoms with Crippen molar-refractivity contribution >= 4 is 6.09 Å². The maximum absolute atomic E-state index is 12.8. The van der Waals surface area contributed by atoms with E-state index in [0.717, 1.165) is 0 Å². The van der Waals surface area contributed by atoms with Gasteiger partial charge in [-0.25, -0.2) is 13.6 Å². The van der Waals surface area contributed by atoms with Gasteiger partial charge in [-0.2, -0.15) is 0 Å². The molecule has 5 heteroatoms. The molecule has 0 aromatic heterocycles. The smallest absolute Gasteiger partial charge is 0.407 e. The molecule has 0 aromatic rings. The van der Waals surface area contributed by atoms with Gasteiger partial charge >= 0.3 is 6.09 Å². The summed E-state index contributed by atoms with van der Waals surface area (Å²) in [6, 6.07) is -0.454. The monoisotopic (exact) mass is 221 g/mol. The summed E-state index contributed by atoms with van der Waals surface area (Å²) in [7, 11) is 0. The summed E-state index contributed by atoms with van der Waals surface area (Å²) < 4.78 is 30.6. The Hall–Kier alpha value is -0.870. The lowest BCUT2D eigenvalue weighted by Gasteiger charge is -2.21. The highest BCUT2D eigenvalue weighted by Crippen LogP contribution is 2.25. The minimum Gasteiger partial charge on any atom is -0.444 e. The number of ether oxygens (including phenoxy) is 1. The van der Waals surface area contributed by atoms with Crippen molar-refractivity contribution in [2.75, 3.05) is 0 Å². The molecule has 0 heterocycles. The van der Waals surface area contributed by atoms with Gasteiger partial charge in [0.15, 0.2) is 0 Å². The predicted octanol–water partition coefficient (Wildman–Crippen LogP) is 2.35. The van der Waals surface area contributed by atoms with E-state index in [9.17, 15) is 13.6 Å². The molecule has 88 valence electrons. The molecule has 2 unspecified atom stereocenters. The van der Waals surface area contributed by atoms with Crippen LogP contribution in [0.1, 0.15) is 33.6 Å². The Kier molecular flexibility index (Phi) is 3.52. The van der Waals surface area contributed by atoms with E-state index >= 15 is 0 Å². The summed E-state index contributed by atoms with van der Waals surface area (Å²) >= 11 is 0. The molecular formula is C10H17F2NO2. The van der Waals surface area contributed by atoms with Gasteiger partial charge in [0, 0.05) is 18.9 Å². The Bertz CT molecular complexity index is 230. The number of alkyl carbamates (subject to hydrolysis) is 1. The van der Waals surface area contributed by atoms with E-state index < -0.39 is 30.1 Å². The predicted molar refractivity (Wildman–Crippen MR) is 52.2 cm³/mol. The van der Waals surface area contributed by atoms with Crippen molar-refractivity contribution in [3.05, 3.63) is 0 Å². The number of alkyl halides is 2. The van der Waals surface area contributed by atoms with Crippen molar-refractivity contribution in [3.63, 3.8) is 0 Å². The van der Waals surface area contributed by atoms with E-state index in [1.807, 2.05) is 0 Å². The zero-order valence-electron chi connectivity index (χ0n) is 9.22. The Morgan fingerprint density at radius 1 is 1.27 bits per heavy atom. The summed E-state index contributed by atoms with van der Waals surface area (Å²) in [6.45, 7) is 5.20. The number of halogens is 2. The van der Waals surface area contributed by atoms with Gasteiger partial charge in [-0.15, -0.1) is 0 Å². The molecule has 2 atom stereocenters. The van der Waals surface area contributed by atoms with Crippen LogP contribution in [0.25, 0.3) is 0 Å². The SMILES string of the molecule is CC(C)(C)OC(=O)NC1CC(F)C(F)C1. The highest BCUT2D eigenvalue weighted by atomic mass is 19.2. The molecule has 1 aliphatic rings. The quantitative estimate of drug-likeness (QED) is 0.738. The standard InChI is InChI=1S/C10H17F2NO2/c1-10(2,3)15-9(14)13-6-4-7(11)8(12)5-6/h6-8H,4-5H2,1-3H3,(H,13,14). The third kappa shape index (κ3) is 4.01. The number of hydrogen-bond acceptors (Lipinski definition) is 2. The summed E-state index contributed by atoms with van der Waals surface area (Å²) in [5.41, 5.74) is -0.590. The largest absolute Gasteiger partial charge is 0.444 e. The van der Waals surface area contributed by atoms with Gasteiger partial charge < -0.3 is 10.1 Å². The molecule has 0 radical (unpaired) electrons. The zero-order valence-corrected chi connectivity index (χ0v) is 9.22. The number of nitrogens with one attached hydrogen (secondary N) is 1. The molecular weight excluding hydrogens is 204 g/mol. The van der Waals surface area contributed by atoms with Gasteiger partial charge in [0.25, 0.3) is 0 Å². The van der Waals surface area contributed by atoms with Crippen LogP contribution in [0.15, 0.2) is 0 Å². The van der Waals surface area contributed by atoms with Crippen LogP contribution in [0.4, 0.5) is 13.6 Å². The Labute approximate surface area is 88.2 Å². The number of rotatable bonds is 1. The Morgan fingerprint density at radius 2 is 1.73 bits per heavy atom. The molecule has 3 nitrogen and oxygen atoms in total. The van der Waals surface area contributed by atoms with Crippen LogP contribution in [-0.2, 0) is 4.74 Å². The molecule has 0 saturated heterocycles. The molecule has 1 N–H and O–H groups in total. The number of carbonyl (C=O) groups is 1. The average Bonchev–Trinajstić information content (AvgIpc) is 2.26. The van der Waals surface area contributed by atoms with Gasteiger partial charge in [0.05, 0.1) is 0 Å². The molecule has 0 aliphatic heterocycles. The van der Waals surface area contributed by atoms with E-state index in [0.29, 0.717) is 0 Å². The minimum absolute atomic E-state index is 0.0282. The van der Waals surface area contributed by atoms with E-state index in [1.54, 1.807) is 20.8 Å². The van der Waals surface area contributed by atoms with Crippen molar-refractivity contribution in [1.29, 1.82) is 0 Å². The maximum Gasteiger partial charge on any atom is 0.407 e. The number of carbonyl (C=O) groups excluding carboxylic acids is 1. The summed E-state index contributed by atoms with van der Waals surface area (Å²) in [4.78, 5) is 11.2.